The lowest BCUT2D eigenvalue weighted by Gasteiger charge is -2.43. The largest absolute Gasteiger partial charge is 0.351 e. The predicted molar refractivity (Wildman–Crippen MR) is 107 cm³/mol. The average Bonchev–Trinajstić information content (AvgIpc) is 3.18. The fourth-order valence-electron chi connectivity index (χ4n) is 4.15. The van der Waals surface area contributed by atoms with Gasteiger partial charge in [0.25, 0.3) is 5.91 Å². The third-order valence-electron chi connectivity index (χ3n) is 5.55. The van der Waals surface area contributed by atoms with E-state index in [2.05, 4.69) is 16.0 Å². The summed E-state index contributed by atoms with van der Waals surface area (Å²) in [6.07, 6.45) is 2.12. The highest BCUT2D eigenvalue weighted by Gasteiger charge is 2.48. The highest BCUT2D eigenvalue weighted by Crippen LogP contribution is 2.28. The van der Waals surface area contributed by atoms with Gasteiger partial charge in [0.15, 0.2) is 9.84 Å². The minimum atomic E-state index is -3.14. The highest BCUT2D eigenvalue weighted by atomic mass is 32.2. The monoisotopic (exact) mass is 387 g/mol. The summed E-state index contributed by atoms with van der Waals surface area (Å²) in [7, 11) is -3.14. The van der Waals surface area contributed by atoms with Crippen molar-refractivity contribution in [2.24, 2.45) is 0 Å². The number of allylic oxidation sites excluding steroid dienone is 1. The lowest BCUT2D eigenvalue weighted by molar-refractivity contribution is 0.0364. The number of amides is 1. The van der Waals surface area contributed by atoms with E-state index in [1.807, 2.05) is 44.2 Å². The molecular formula is C20H25N3O3S. The standard InChI is InChI=1S/C20H25N3O3S/c1-14(2)7-8-22-9-10-23(19-13-27(25,26)12-18(19)22)20(24)17-11-15-5-3-4-6-16(15)21-17/h3-7,11,18-19,21H,8-10,12-13H2,1-2H3/t18-,19+/m0/s1. The number of nitrogens with zero attached hydrogens (tertiary/aromatic N) is 2. The lowest BCUT2D eigenvalue weighted by atomic mass is 10.0. The Morgan fingerprint density at radius 3 is 2.67 bits per heavy atom. The third-order valence-corrected chi connectivity index (χ3v) is 7.25. The van der Waals surface area contributed by atoms with Crippen molar-refractivity contribution in [1.29, 1.82) is 0 Å². The molecule has 2 fully saturated rings. The molecule has 1 aromatic heterocycles. The number of aromatic nitrogens is 1. The molecular weight excluding hydrogens is 362 g/mol. The van der Waals surface area contributed by atoms with Crippen LogP contribution in [0, 0.1) is 0 Å². The van der Waals surface area contributed by atoms with Gasteiger partial charge < -0.3 is 9.88 Å². The Labute approximate surface area is 159 Å². The van der Waals surface area contributed by atoms with Crippen molar-refractivity contribution in [3.63, 3.8) is 0 Å². The first-order valence-electron chi connectivity index (χ1n) is 9.30. The normalized spacial score (nSPS) is 24.7. The second-order valence-corrected chi connectivity index (χ2v) is 9.91. The van der Waals surface area contributed by atoms with Gasteiger partial charge >= 0.3 is 0 Å². The van der Waals surface area contributed by atoms with Crippen molar-refractivity contribution in [3.05, 3.63) is 47.7 Å². The van der Waals surface area contributed by atoms with Crippen LogP contribution >= 0.6 is 0 Å². The lowest BCUT2D eigenvalue weighted by Crippen LogP contribution is -2.60. The first-order valence-corrected chi connectivity index (χ1v) is 11.1. The van der Waals surface area contributed by atoms with Gasteiger partial charge in [-0.05, 0) is 26.0 Å². The zero-order valence-corrected chi connectivity index (χ0v) is 16.5. The molecule has 27 heavy (non-hydrogen) atoms. The molecule has 6 nitrogen and oxygen atoms in total. The number of para-hydroxylation sites is 1. The number of piperazine rings is 1. The van der Waals surface area contributed by atoms with Crippen molar-refractivity contribution >= 4 is 26.6 Å². The number of hydrogen-bond donors (Lipinski definition) is 1. The minimum absolute atomic E-state index is 0.0506. The van der Waals surface area contributed by atoms with E-state index < -0.39 is 9.84 Å². The SMILES string of the molecule is CC(C)=CCN1CCN(C(=O)c2cc3ccccc3[nH]2)[C@@H]2CS(=O)(=O)C[C@@H]21. The van der Waals surface area contributed by atoms with E-state index >= 15 is 0 Å². The summed E-state index contributed by atoms with van der Waals surface area (Å²) in [4.78, 5) is 20.3. The van der Waals surface area contributed by atoms with Crippen molar-refractivity contribution in [3.8, 4) is 0 Å². The van der Waals surface area contributed by atoms with E-state index in [0.29, 0.717) is 18.8 Å². The zero-order valence-electron chi connectivity index (χ0n) is 15.7. The third kappa shape index (κ3) is 3.53. The van der Waals surface area contributed by atoms with Gasteiger partial charge in [0.05, 0.1) is 17.5 Å². The molecule has 7 heteroatoms. The van der Waals surface area contributed by atoms with Crippen molar-refractivity contribution in [2.75, 3.05) is 31.1 Å². The van der Waals surface area contributed by atoms with Gasteiger partial charge in [-0.15, -0.1) is 0 Å². The molecule has 4 rings (SSSR count). The highest BCUT2D eigenvalue weighted by molar-refractivity contribution is 7.91. The van der Waals surface area contributed by atoms with Crippen LogP contribution < -0.4 is 0 Å². The van der Waals surface area contributed by atoms with Crippen LogP contribution in [0.5, 0.6) is 0 Å². The van der Waals surface area contributed by atoms with Crippen LogP contribution in [0.4, 0.5) is 0 Å². The van der Waals surface area contributed by atoms with E-state index in [0.717, 1.165) is 17.4 Å². The molecule has 2 atom stereocenters. The number of carbonyl (C=O) groups is 1. The average molecular weight is 388 g/mol. The molecule has 0 bridgehead atoms. The molecule has 0 saturated carbocycles. The molecule has 0 unspecified atom stereocenters. The summed E-state index contributed by atoms with van der Waals surface area (Å²) >= 11 is 0. The second kappa shape index (κ2) is 6.80. The summed E-state index contributed by atoms with van der Waals surface area (Å²) in [6, 6.07) is 9.20. The minimum Gasteiger partial charge on any atom is -0.351 e. The Morgan fingerprint density at radius 1 is 1.19 bits per heavy atom. The van der Waals surface area contributed by atoms with Gasteiger partial charge in [-0.25, -0.2) is 8.42 Å². The quantitative estimate of drug-likeness (QED) is 0.818. The van der Waals surface area contributed by atoms with E-state index in [1.54, 1.807) is 4.90 Å². The van der Waals surface area contributed by atoms with Crippen molar-refractivity contribution in [2.45, 2.75) is 25.9 Å². The zero-order chi connectivity index (χ0) is 19.2. The number of rotatable bonds is 3. The molecule has 1 amide bonds. The maximum Gasteiger partial charge on any atom is 0.270 e. The van der Waals surface area contributed by atoms with E-state index in [-0.39, 0.29) is 29.5 Å². The first kappa shape index (κ1) is 18.3. The van der Waals surface area contributed by atoms with E-state index in [9.17, 15) is 13.2 Å². The first-order chi connectivity index (χ1) is 12.8. The predicted octanol–water partition coefficient (Wildman–Crippen LogP) is 2.06. The molecule has 0 radical (unpaired) electrons. The Bertz CT molecular complexity index is 971. The maximum absolute atomic E-state index is 13.2. The van der Waals surface area contributed by atoms with Crippen LogP contribution in [-0.4, -0.2) is 72.3 Å². The second-order valence-electron chi connectivity index (χ2n) is 7.76. The molecule has 144 valence electrons. The van der Waals surface area contributed by atoms with Gasteiger partial charge in [-0.1, -0.05) is 29.8 Å². The van der Waals surface area contributed by atoms with Crippen LogP contribution in [0.2, 0.25) is 0 Å². The fraction of sp³-hybridized carbons (Fsp3) is 0.450. The summed E-state index contributed by atoms with van der Waals surface area (Å²) in [5.74, 6) is 0.0693. The number of benzene rings is 1. The maximum atomic E-state index is 13.2. The molecule has 2 aliphatic rings. The van der Waals surface area contributed by atoms with Crippen molar-refractivity contribution in [1.82, 2.24) is 14.8 Å². The molecule has 1 aromatic carbocycles. The summed E-state index contributed by atoms with van der Waals surface area (Å²) in [5.41, 5.74) is 2.65. The number of sulfone groups is 1. The molecule has 2 saturated heterocycles. The molecule has 1 N–H and O–H groups in total. The summed E-state index contributed by atoms with van der Waals surface area (Å²) in [6.45, 7) is 6.04. The number of fused-ring (bicyclic) bond motifs is 2. The number of hydrogen-bond acceptors (Lipinski definition) is 4. The molecule has 0 aliphatic carbocycles. The number of aromatic amines is 1. The van der Waals surface area contributed by atoms with E-state index in [4.69, 9.17) is 0 Å². The topological polar surface area (TPSA) is 73.5 Å². The summed E-state index contributed by atoms with van der Waals surface area (Å²) < 4.78 is 24.7. The van der Waals surface area contributed by atoms with Gasteiger partial charge in [0, 0.05) is 36.6 Å². The number of carbonyl (C=O) groups excluding carboxylic acids is 1. The molecule has 2 aromatic rings. The van der Waals surface area contributed by atoms with Gasteiger partial charge in [0.2, 0.25) is 0 Å². The molecule has 3 heterocycles. The van der Waals surface area contributed by atoms with Crippen molar-refractivity contribution < 1.29 is 13.2 Å². The van der Waals surface area contributed by atoms with Gasteiger partial charge in [0.1, 0.15) is 5.69 Å². The Morgan fingerprint density at radius 2 is 1.93 bits per heavy atom. The molecule has 0 spiro atoms. The van der Waals surface area contributed by atoms with Gasteiger partial charge in [-0.2, -0.15) is 0 Å². The summed E-state index contributed by atoms with van der Waals surface area (Å²) in [5, 5.41) is 0.985. The Balaban J connectivity index is 1.61. The Kier molecular flexibility index (Phi) is 4.60. The number of H-pyrrole nitrogens is 1. The smallest absolute Gasteiger partial charge is 0.270 e. The Hall–Kier alpha value is -2.12. The van der Waals surface area contributed by atoms with Crippen LogP contribution in [-0.2, 0) is 9.84 Å². The molecule has 2 aliphatic heterocycles. The number of nitrogens with one attached hydrogen (secondary N) is 1. The van der Waals surface area contributed by atoms with Crippen LogP contribution in [0.15, 0.2) is 42.0 Å². The van der Waals surface area contributed by atoms with E-state index in [1.165, 1.54) is 5.57 Å². The van der Waals surface area contributed by atoms with Gasteiger partial charge in [-0.3, -0.25) is 9.69 Å². The van der Waals surface area contributed by atoms with Crippen LogP contribution in [0.3, 0.4) is 0 Å². The van der Waals surface area contributed by atoms with Crippen LogP contribution in [0.1, 0.15) is 24.3 Å². The fourth-order valence-corrected chi connectivity index (χ4v) is 6.16. The van der Waals surface area contributed by atoms with Crippen LogP contribution in [0.25, 0.3) is 10.9 Å².